The zero-order chi connectivity index (χ0) is 15.2. The summed E-state index contributed by atoms with van der Waals surface area (Å²) >= 11 is 4.99. The second kappa shape index (κ2) is 7.49. The van der Waals surface area contributed by atoms with E-state index < -0.39 is 0 Å². The highest BCUT2D eigenvalue weighted by molar-refractivity contribution is 7.80. The number of hydrogen-bond donors (Lipinski definition) is 2. The molecule has 6 heteroatoms. The van der Waals surface area contributed by atoms with Gasteiger partial charge in [-0.3, -0.25) is 9.69 Å². The number of nitrogens with zero attached hydrogens (tertiary/aromatic N) is 1. The van der Waals surface area contributed by atoms with Gasteiger partial charge < -0.3 is 15.8 Å². The molecule has 0 aliphatic carbocycles. The van der Waals surface area contributed by atoms with Crippen LogP contribution in [-0.4, -0.2) is 48.6 Å². The number of likely N-dealkylation sites (tertiary alicyclic amines) is 1. The van der Waals surface area contributed by atoms with E-state index >= 15 is 0 Å². The lowest BCUT2D eigenvalue weighted by Crippen LogP contribution is -2.43. The molecule has 1 unspecified atom stereocenters. The van der Waals surface area contributed by atoms with Gasteiger partial charge in [0.05, 0.1) is 18.3 Å². The van der Waals surface area contributed by atoms with E-state index in [4.69, 9.17) is 22.7 Å². The molecule has 5 nitrogen and oxygen atoms in total. The van der Waals surface area contributed by atoms with E-state index in [0.717, 1.165) is 25.9 Å². The van der Waals surface area contributed by atoms with Gasteiger partial charge in [0.15, 0.2) is 0 Å². The highest BCUT2D eigenvalue weighted by Gasteiger charge is 2.21. The SMILES string of the molecule is COC1CCCN(CC(=O)Nc2ccccc2C(N)=S)C1. The largest absolute Gasteiger partial charge is 0.389 e. The molecule has 0 saturated carbocycles. The van der Waals surface area contributed by atoms with Crippen molar-refractivity contribution >= 4 is 28.8 Å². The summed E-state index contributed by atoms with van der Waals surface area (Å²) in [6, 6.07) is 7.30. The second-order valence-corrected chi connectivity index (χ2v) is 5.63. The van der Waals surface area contributed by atoms with Crippen molar-refractivity contribution in [2.45, 2.75) is 18.9 Å². The standard InChI is InChI=1S/C15H21N3O2S/c1-20-11-5-4-8-18(9-11)10-14(19)17-13-7-3-2-6-12(13)15(16)21/h2-3,6-7,11H,4-5,8-10H2,1H3,(H2,16,21)(H,17,19). The smallest absolute Gasteiger partial charge is 0.238 e. The molecule has 1 aliphatic rings. The molecular weight excluding hydrogens is 286 g/mol. The molecule has 1 heterocycles. The van der Waals surface area contributed by atoms with Crippen LogP contribution in [0.4, 0.5) is 5.69 Å². The third kappa shape index (κ3) is 4.49. The Balaban J connectivity index is 1.94. The van der Waals surface area contributed by atoms with Crippen molar-refractivity contribution in [2.24, 2.45) is 5.73 Å². The van der Waals surface area contributed by atoms with E-state index in [-0.39, 0.29) is 17.0 Å². The van der Waals surface area contributed by atoms with Crippen molar-refractivity contribution in [1.29, 1.82) is 0 Å². The number of rotatable bonds is 5. The third-order valence-electron chi connectivity index (χ3n) is 3.63. The molecule has 0 radical (unpaired) electrons. The van der Waals surface area contributed by atoms with Crippen molar-refractivity contribution in [2.75, 3.05) is 32.1 Å². The van der Waals surface area contributed by atoms with Crippen LogP contribution < -0.4 is 11.1 Å². The molecule has 1 amide bonds. The van der Waals surface area contributed by atoms with E-state index in [2.05, 4.69) is 10.2 Å². The first kappa shape index (κ1) is 15.9. The summed E-state index contributed by atoms with van der Waals surface area (Å²) in [6.45, 7) is 2.07. The van der Waals surface area contributed by atoms with Crippen molar-refractivity contribution in [1.82, 2.24) is 4.90 Å². The molecule has 114 valence electrons. The van der Waals surface area contributed by atoms with Crippen molar-refractivity contribution in [3.8, 4) is 0 Å². The molecule has 1 aromatic rings. The Morgan fingerprint density at radius 2 is 2.29 bits per heavy atom. The summed E-state index contributed by atoms with van der Waals surface area (Å²) in [5, 5.41) is 2.88. The summed E-state index contributed by atoms with van der Waals surface area (Å²) in [5.41, 5.74) is 7.02. The first-order valence-corrected chi connectivity index (χ1v) is 7.45. The van der Waals surface area contributed by atoms with Gasteiger partial charge in [-0.1, -0.05) is 24.4 Å². The minimum atomic E-state index is -0.0598. The molecule has 0 spiro atoms. The predicted octanol–water partition coefficient (Wildman–Crippen LogP) is 1.37. The Hall–Kier alpha value is -1.50. The maximum Gasteiger partial charge on any atom is 0.238 e. The van der Waals surface area contributed by atoms with Crippen LogP contribution in [0.15, 0.2) is 24.3 Å². The Morgan fingerprint density at radius 1 is 1.52 bits per heavy atom. The zero-order valence-electron chi connectivity index (χ0n) is 12.2. The summed E-state index contributed by atoms with van der Waals surface area (Å²) < 4.78 is 5.36. The highest BCUT2D eigenvalue weighted by Crippen LogP contribution is 2.16. The molecule has 2 rings (SSSR count). The summed E-state index contributed by atoms with van der Waals surface area (Å²) in [4.78, 5) is 14.6. The van der Waals surface area contributed by atoms with E-state index in [1.807, 2.05) is 12.1 Å². The molecule has 1 aromatic carbocycles. The Labute approximate surface area is 130 Å². The van der Waals surface area contributed by atoms with E-state index in [0.29, 0.717) is 17.8 Å². The number of para-hydroxylation sites is 1. The molecule has 1 atom stereocenters. The average molecular weight is 307 g/mol. The van der Waals surface area contributed by atoms with Crippen molar-refractivity contribution in [3.63, 3.8) is 0 Å². The minimum absolute atomic E-state index is 0.0598. The Kier molecular flexibility index (Phi) is 5.67. The predicted molar refractivity (Wildman–Crippen MR) is 87.4 cm³/mol. The number of piperidine rings is 1. The molecular formula is C15H21N3O2S. The number of nitrogens with one attached hydrogen (secondary N) is 1. The molecule has 0 bridgehead atoms. The molecule has 1 fully saturated rings. The quantitative estimate of drug-likeness (QED) is 0.804. The van der Waals surface area contributed by atoms with Gasteiger partial charge in [0.2, 0.25) is 5.91 Å². The van der Waals surface area contributed by atoms with Gasteiger partial charge in [0.1, 0.15) is 4.99 Å². The average Bonchev–Trinajstić information content (AvgIpc) is 2.47. The van der Waals surface area contributed by atoms with Gasteiger partial charge >= 0.3 is 0 Å². The van der Waals surface area contributed by atoms with E-state index in [1.54, 1.807) is 19.2 Å². The summed E-state index contributed by atoms with van der Waals surface area (Å²) in [5.74, 6) is -0.0598. The zero-order valence-corrected chi connectivity index (χ0v) is 13.0. The van der Waals surface area contributed by atoms with Crippen LogP contribution in [0, 0.1) is 0 Å². The molecule has 21 heavy (non-hydrogen) atoms. The summed E-state index contributed by atoms with van der Waals surface area (Å²) in [7, 11) is 1.71. The number of anilines is 1. The normalized spacial score (nSPS) is 19.2. The van der Waals surface area contributed by atoms with Crippen LogP contribution >= 0.6 is 12.2 Å². The lowest BCUT2D eigenvalue weighted by Gasteiger charge is -2.31. The van der Waals surface area contributed by atoms with Gasteiger partial charge in [-0.05, 0) is 31.5 Å². The third-order valence-corrected chi connectivity index (χ3v) is 3.85. The maximum absolute atomic E-state index is 12.2. The van der Waals surface area contributed by atoms with Crippen molar-refractivity contribution in [3.05, 3.63) is 29.8 Å². The van der Waals surface area contributed by atoms with Crippen LogP contribution in [0.5, 0.6) is 0 Å². The van der Waals surface area contributed by atoms with Crippen LogP contribution in [-0.2, 0) is 9.53 Å². The fraction of sp³-hybridized carbons (Fsp3) is 0.467. The molecule has 1 saturated heterocycles. The lowest BCUT2D eigenvalue weighted by atomic mass is 10.1. The van der Waals surface area contributed by atoms with E-state index in [1.165, 1.54) is 0 Å². The number of carbonyl (C=O) groups is 1. The first-order valence-electron chi connectivity index (χ1n) is 7.04. The van der Waals surface area contributed by atoms with Crippen LogP contribution in [0.3, 0.4) is 0 Å². The van der Waals surface area contributed by atoms with Gasteiger partial charge in [0.25, 0.3) is 0 Å². The van der Waals surface area contributed by atoms with E-state index in [9.17, 15) is 4.79 Å². The molecule has 3 N–H and O–H groups in total. The number of carbonyl (C=O) groups excluding carboxylic acids is 1. The van der Waals surface area contributed by atoms with Crippen molar-refractivity contribution < 1.29 is 9.53 Å². The lowest BCUT2D eigenvalue weighted by molar-refractivity contribution is -0.118. The number of ether oxygens (including phenoxy) is 1. The topological polar surface area (TPSA) is 67.6 Å². The Morgan fingerprint density at radius 3 is 3.00 bits per heavy atom. The minimum Gasteiger partial charge on any atom is -0.389 e. The number of methoxy groups -OCH3 is 1. The summed E-state index contributed by atoms with van der Waals surface area (Å²) in [6.07, 6.45) is 2.32. The second-order valence-electron chi connectivity index (χ2n) is 5.19. The number of thiocarbonyl (C=S) groups is 1. The number of benzene rings is 1. The number of amides is 1. The van der Waals surface area contributed by atoms with Gasteiger partial charge in [0, 0.05) is 19.2 Å². The van der Waals surface area contributed by atoms with Crippen LogP contribution in [0.25, 0.3) is 0 Å². The number of nitrogens with two attached hydrogens (primary N) is 1. The highest BCUT2D eigenvalue weighted by atomic mass is 32.1. The number of hydrogen-bond acceptors (Lipinski definition) is 4. The maximum atomic E-state index is 12.2. The monoisotopic (exact) mass is 307 g/mol. The van der Waals surface area contributed by atoms with Gasteiger partial charge in [-0.25, -0.2) is 0 Å². The Bertz CT molecular complexity index is 521. The fourth-order valence-electron chi connectivity index (χ4n) is 2.55. The molecule has 0 aromatic heterocycles. The fourth-order valence-corrected chi connectivity index (χ4v) is 2.73. The van der Waals surface area contributed by atoms with Gasteiger partial charge in [-0.15, -0.1) is 0 Å². The first-order chi connectivity index (χ1) is 10.1. The molecule has 1 aliphatic heterocycles. The van der Waals surface area contributed by atoms with Gasteiger partial charge in [-0.2, -0.15) is 0 Å². The van der Waals surface area contributed by atoms with Crippen LogP contribution in [0.1, 0.15) is 18.4 Å². The van der Waals surface area contributed by atoms with Crippen LogP contribution in [0.2, 0.25) is 0 Å².